The van der Waals surface area contributed by atoms with Crippen LogP contribution >= 0.6 is 23.2 Å². The molecule has 0 unspecified atom stereocenters. The van der Waals surface area contributed by atoms with Gasteiger partial charge >= 0.3 is 0 Å². The van der Waals surface area contributed by atoms with Gasteiger partial charge in [0.05, 0.1) is 17.5 Å². The molecule has 0 saturated carbocycles. The number of nitrogens with zero attached hydrogens (tertiary/aromatic N) is 1. The molecule has 4 heteroatoms. The van der Waals surface area contributed by atoms with Gasteiger partial charge in [-0.3, -0.25) is 0 Å². The lowest BCUT2D eigenvalue weighted by Gasteiger charge is -2.02. The summed E-state index contributed by atoms with van der Waals surface area (Å²) in [7, 11) is 0. The van der Waals surface area contributed by atoms with Gasteiger partial charge in [0.2, 0.25) is 0 Å². The van der Waals surface area contributed by atoms with E-state index >= 15 is 0 Å². The first-order chi connectivity index (χ1) is 5.66. The first-order valence-corrected chi connectivity index (χ1v) is 3.95. The van der Waals surface area contributed by atoms with Crippen LogP contribution in [0, 0.1) is 11.3 Å². The molecule has 1 aromatic carbocycles. The van der Waals surface area contributed by atoms with E-state index < -0.39 is 0 Å². The first kappa shape index (κ1) is 9.18. The lowest BCUT2D eigenvalue weighted by atomic mass is 10.1. The Morgan fingerprint density at radius 2 is 2.00 bits per heavy atom. The normalized spacial score (nSPS) is 9.42. The number of nitriles is 1. The van der Waals surface area contributed by atoms with Gasteiger partial charge in [-0.2, -0.15) is 5.26 Å². The molecule has 0 fully saturated rings. The summed E-state index contributed by atoms with van der Waals surface area (Å²) in [6.45, 7) is 0. The quantitative estimate of drug-likeness (QED) is 0.760. The number of benzene rings is 1. The molecule has 0 aliphatic rings. The molecule has 0 amide bonds. The third-order valence-electron chi connectivity index (χ3n) is 1.41. The minimum absolute atomic E-state index is 0.0663. The van der Waals surface area contributed by atoms with Crippen molar-refractivity contribution < 1.29 is 5.11 Å². The molecule has 0 bridgehead atoms. The second kappa shape index (κ2) is 3.66. The number of halogens is 2. The van der Waals surface area contributed by atoms with E-state index in [2.05, 4.69) is 0 Å². The predicted octanol–water partition coefficient (Wildman–Crippen LogP) is 2.77. The van der Waals surface area contributed by atoms with E-state index in [4.69, 9.17) is 33.6 Å². The number of aromatic hydroxyl groups is 1. The number of phenolic OH excluding ortho intramolecular Hbond substituents is 1. The maximum atomic E-state index is 9.09. The Morgan fingerprint density at radius 3 is 2.58 bits per heavy atom. The van der Waals surface area contributed by atoms with Crippen molar-refractivity contribution in [2.75, 3.05) is 0 Å². The van der Waals surface area contributed by atoms with Crippen molar-refractivity contribution in [3.8, 4) is 11.8 Å². The molecule has 62 valence electrons. The topological polar surface area (TPSA) is 44.0 Å². The first-order valence-electron chi connectivity index (χ1n) is 3.19. The van der Waals surface area contributed by atoms with Crippen LogP contribution in [-0.4, -0.2) is 5.11 Å². The molecule has 0 aliphatic carbocycles. The van der Waals surface area contributed by atoms with Crippen LogP contribution in [0.2, 0.25) is 10.0 Å². The monoisotopic (exact) mass is 201 g/mol. The van der Waals surface area contributed by atoms with Crippen molar-refractivity contribution in [2.24, 2.45) is 0 Å². The fourth-order valence-electron chi connectivity index (χ4n) is 0.801. The minimum atomic E-state index is -0.0663. The van der Waals surface area contributed by atoms with Crippen LogP contribution in [0.25, 0.3) is 0 Å². The van der Waals surface area contributed by atoms with E-state index in [1.807, 2.05) is 6.07 Å². The lowest BCUT2D eigenvalue weighted by Crippen LogP contribution is -1.84. The van der Waals surface area contributed by atoms with Crippen molar-refractivity contribution in [3.05, 3.63) is 27.7 Å². The van der Waals surface area contributed by atoms with Crippen molar-refractivity contribution in [3.63, 3.8) is 0 Å². The van der Waals surface area contributed by atoms with E-state index in [-0.39, 0.29) is 22.2 Å². The molecule has 0 aromatic heterocycles. The SMILES string of the molecule is N#CCc1ccc(O)c(Cl)c1Cl. The Balaban J connectivity index is 3.19. The zero-order valence-electron chi connectivity index (χ0n) is 6.01. The Kier molecular flexibility index (Phi) is 2.80. The predicted molar refractivity (Wildman–Crippen MR) is 47.4 cm³/mol. The number of hydrogen-bond acceptors (Lipinski definition) is 2. The van der Waals surface area contributed by atoms with Crippen molar-refractivity contribution >= 4 is 23.2 Å². The van der Waals surface area contributed by atoms with Gasteiger partial charge in [-0.15, -0.1) is 0 Å². The van der Waals surface area contributed by atoms with Gasteiger partial charge in [0.1, 0.15) is 10.8 Å². The van der Waals surface area contributed by atoms with Crippen LogP contribution in [-0.2, 0) is 6.42 Å². The Hall–Kier alpha value is -0.910. The standard InChI is InChI=1S/C8H5Cl2NO/c9-7-5(3-4-11)1-2-6(12)8(7)10/h1-2,12H,3H2. The molecule has 1 aromatic rings. The second-order valence-electron chi connectivity index (χ2n) is 2.21. The smallest absolute Gasteiger partial charge is 0.135 e. The number of hydrogen-bond donors (Lipinski definition) is 1. The maximum absolute atomic E-state index is 9.09. The van der Waals surface area contributed by atoms with Gasteiger partial charge in [0, 0.05) is 0 Å². The molecule has 2 nitrogen and oxygen atoms in total. The highest BCUT2D eigenvalue weighted by Crippen LogP contribution is 2.33. The van der Waals surface area contributed by atoms with Crippen molar-refractivity contribution in [1.29, 1.82) is 5.26 Å². The van der Waals surface area contributed by atoms with E-state index in [0.717, 1.165) is 0 Å². The molecule has 0 aliphatic heterocycles. The Morgan fingerprint density at radius 1 is 1.33 bits per heavy atom. The summed E-state index contributed by atoms with van der Waals surface area (Å²) >= 11 is 11.4. The molecule has 1 N–H and O–H groups in total. The van der Waals surface area contributed by atoms with Gasteiger partial charge < -0.3 is 5.11 Å². The van der Waals surface area contributed by atoms with E-state index in [9.17, 15) is 0 Å². The highest BCUT2D eigenvalue weighted by atomic mass is 35.5. The van der Waals surface area contributed by atoms with Gasteiger partial charge in [-0.05, 0) is 11.6 Å². The average Bonchev–Trinajstić information content (AvgIpc) is 2.07. The van der Waals surface area contributed by atoms with Crippen LogP contribution in [0.15, 0.2) is 12.1 Å². The summed E-state index contributed by atoms with van der Waals surface area (Å²) in [5.41, 5.74) is 0.627. The molecule has 1 rings (SSSR count). The zero-order chi connectivity index (χ0) is 9.14. The Bertz CT molecular complexity index is 344. The summed E-state index contributed by atoms with van der Waals surface area (Å²) in [4.78, 5) is 0. The summed E-state index contributed by atoms with van der Waals surface area (Å²) in [6.07, 6.45) is 0.193. The second-order valence-corrected chi connectivity index (χ2v) is 2.96. The molecule has 0 heterocycles. The molecule has 0 radical (unpaired) electrons. The minimum Gasteiger partial charge on any atom is -0.506 e. The van der Waals surface area contributed by atoms with Gasteiger partial charge in [0.25, 0.3) is 0 Å². The van der Waals surface area contributed by atoms with E-state index in [0.29, 0.717) is 5.56 Å². The maximum Gasteiger partial charge on any atom is 0.135 e. The largest absolute Gasteiger partial charge is 0.506 e. The lowest BCUT2D eigenvalue weighted by molar-refractivity contribution is 0.475. The summed E-state index contributed by atoms with van der Waals surface area (Å²) in [6, 6.07) is 4.94. The van der Waals surface area contributed by atoms with E-state index in [1.54, 1.807) is 6.07 Å². The molecule has 0 saturated heterocycles. The fraction of sp³-hybridized carbons (Fsp3) is 0.125. The molecule has 12 heavy (non-hydrogen) atoms. The van der Waals surface area contributed by atoms with Crippen LogP contribution < -0.4 is 0 Å². The van der Waals surface area contributed by atoms with Crippen LogP contribution in [0.5, 0.6) is 5.75 Å². The van der Waals surface area contributed by atoms with E-state index in [1.165, 1.54) is 6.07 Å². The summed E-state index contributed by atoms with van der Waals surface area (Å²) < 4.78 is 0. The highest BCUT2D eigenvalue weighted by Gasteiger charge is 2.07. The highest BCUT2D eigenvalue weighted by molar-refractivity contribution is 6.43. The van der Waals surface area contributed by atoms with Crippen LogP contribution in [0.3, 0.4) is 0 Å². The Labute approximate surface area is 80.0 Å². The van der Waals surface area contributed by atoms with Crippen molar-refractivity contribution in [1.82, 2.24) is 0 Å². The van der Waals surface area contributed by atoms with Crippen molar-refractivity contribution in [2.45, 2.75) is 6.42 Å². The zero-order valence-corrected chi connectivity index (χ0v) is 7.52. The third kappa shape index (κ3) is 1.63. The van der Waals surface area contributed by atoms with Gasteiger partial charge in [-0.25, -0.2) is 0 Å². The molecule has 0 spiro atoms. The number of rotatable bonds is 1. The average molecular weight is 202 g/mol. The number of phenols is 1. The third-order valence-corrected chi connectivity index (χ3v) is 2.32. The van der Waals surface area contributed by atoms with Crippen LogP contribution in [0.1, 0.15) is 5.56 Å². The summed E-state index contributed by atoms with van der Waals surface area (Å²) in [5, 5.41) is 17.8. The summed E-state index contributed by atoms with van der Waals surface area (Å²) in [5.74, 6) is -0.0663. The van der Waals surface area contributed by atoms with Crippen LogP contribution in [0.4, 0.5) is 0 Å². The fourth-order valence-corrected chi connectivity index (χ4v) is 1.21. The molecular weight excluding hydrogens is 197 g/mol. The van der Waals surface area contributed by atoms with Gasteiger partial charge in [-0.1, -0.05) is 29.3 Å². The molecular formula is C8H5Cl2NO. The molecule has 0 atom stereocenters. The van der Waals surface area contributed by atoms with Gasteiger partial charge in [0.15, 0.2) is 0 Å².